The fourth-order valence-corrected chi connectivity index (χ4v) is 2.21. The number of allylic oxidation sites excluding steroid dienone is 1. The van der Waals surface area contributed by atoms with E-state index in [1.165, 1.54) is 0 Å². The predicted octanol–water partition coefficient (Wildman–Crippen LogP) is 1.49. The summed E-state index contributed by atoms with van der Waals surface area (Å²) in [6.45, 7) is 0. The molecule has 2 rings (SSSR count). The lowest BCUT2D eigenvalue weighted by Crippen LogP contribution is -2.32. The summed E-state index contributed by atoms with van der Waals surface area (Å²) in [5.41, 5.74) is 5.77. The molecule has 1 aromatic rings. The Hall–Kier alpha value is -2.10. The first kappa shape index (κ1) is 12.4. The SMILES string of the molecule is COc1ccccc1CC1(CC(N)=O)C=CC=N1. The van der Waals surface area contributed by atoms with Crippen LogP contribution >= 0.6 is 0 Å². The highest BCUT2D eigenvalue weighted by atomic mass is 16.5. The van der Waals surface area contributed by atoms with E-state index in [4.69, 9.17) is 10.5 Å². The number of para-hydroxylation sites is 1. The maximum atomic E-state index is 11.2. The van der Waals surface area contributed by atoms with E-state index in [0.717, 1.165) is 11.3 Å². The van der Waals surface area contributed by atoms with Crippen LogP contribution in [0.4, 0.5) is 0 Å². The molecular weight excluding hydrogens is 228 g/mol. The zero-order valence-electron chi connectivity index (χ0n) is 10.3. The molecule has 0 radical (unpaired) electrons. The minimum absolute atomic E-state index is 0.206. The van der Waals surface area contributed by atoms with Crippen molar-refractivity contribution in [3.05, 3.63) is 42.0 Å². The van der Waals surface area contributed by atoms with E-state index >= 15 is 0 Å². The third-order valence-corrected chi connectivity index (χ3v) is 2.99. The number of rotatable bonds is 5. The Morgan fingerprint density at radius 2 is 2.22 bits per heavy atom. The van der Waals surface area contributed by atoms with Gasteiger partial charge in [0.05, 0.1) is 19.1 Å². The molecule has 0 saturated heterocycles. The molecule has 4 nitrogen and oxygen atoms in total. The van der Waals surface area contributed by atoms with Crippen molar-refractivity contribution in [3.8, 4) is 5.75 Å². The first-order chi connectivity index (χ1) is 8.65. The number of nitrogens with two attached hydrogens (primary N) is 1. The molecule has 1 atom stereocenters. The van der Waals surface area contributed by atoms with Gasteiger partial charge < -0.3 is 10.5 Å². The largest absolute Gasteiger partial charge is 0.496 e. The van der Waals surface area contributed by atoms with Crippen molar-refractivity contribution in [2.75, 3.05) is 7.11 Å². The number of primary amides is 1. The van der Waals surface area contributed by atoms with Crippen molar-refractivity contribution in [1.29, 1.82) is 0 Å². The highest BCUT2D eigenvalue weighted by Gasteiger charge is 2.31. The number of carbonyl (C=O) groups is 1. The maximum absolute atomic E-state index is 11.2. The smallest absolute Gasteiger partial charge is 0.220 e. The van der Waals surface area contributed by atoms with Gasteiger partial charge in [0.2, 0.25) is 5.91 Å². The van der Waals surface area contributed by atoms with E-state index in [-0.39, 0.29) is 12.3 Å². The number of benzene rings is 1. The van der Waals surface area contributed by atoms with Gasteiger partial charge in [-0.1, -0.05) is 24.3 Å². The zero-order chi connectivity index (χ0) is 13.0. The van der Waals surface area contributed by atoms with Gasteiger partial charge in [0.25, 0.3) is 0 Å². The Kier molecular flexibility index (Phi) is 3.46. The summed E-state index contributed by atoms with van der Waals surface area (Å²) < 4.78 is 5.31. The maximum Gasteiger partial charge on any atom is 0.220 e. The highest BCUT2D eigenvalue weighted by molar-refractivity contribution is 5.80. The first-order valence-corrected chi connectivity index (χ1v) is 5.78. The Morgan fingerprint density at radius 3 is 2.83 bits per heavy atom. The summed E-state index contributed by atoms with van der Waals surface area (Å²) in [6.07, 6.45) is 6.28. The quantitative estimate of drug-likeness (QED) is 0.852. The van der Waals surface area contributed by atoms with Crippen LogP contribution in [0.3, 0.4) is 0 Å². The van der Waals surface area contributed by atoms with E-state index in [0.29, 0.717) is 6.42 Å². The van der Waals surface area contributed by atoms with Gasteiger partial charge in [-0.25, -0.2) is 0 Å². The molecule has 0 saturated carbocycles. The Balaban J connectivity index is 2.27. The lowest BCUT2D eigenvalue weighted by molar-refractivity contribution is -0.118. The zero-order valence-corrected chi connectivity index (χ0v) is 10.3. The average Bonchev–Trinajstić information content (AvgIpc) is 2.77. The number of amides is 1. The fraction of sp³-hybridized carbons (Fsp3) is 0.286. The van der Waals surface area contributed by atoms with E-state index in [2.05, 4.69) is 4.99 Å². The fourth-order valence-electron chi connectivity index (χ4n) is 2.21. The molecule has 0 aliphatic carbocycles. The highest BCUT2D eigenvalue weighted by Crippen LogP contribution is 2.30. The van der Waals surface area contributed by atoms with E-state index in [9.17, 15) is 4.79 Å². The number of hydrogen-bond acceptors (Lipinski definition) is 3. The van der Waals surface area contributed by atoms with E-state index in [1.54, 1.807) is 13.3 Å². The second-order valence-electron chi connectivity index (χ2n) is 4.37. The van der Waals surface area contributed by atoms with Crippen molar-refractivity contribution < 1.29 is 9.53 Å². The van der Waals surface area contributed by atoms with Crippen LogP contribution < -0.4 is 10.5 Å². The molecule has 1 unspecified atom stereocenters. The van der Waals surface area contributed by atoms with E-state index in [1.807, 2.05) is 36.4 Å². The molecule has 1 aromatic carbocycles. The monoisotopic (exact) mass is 244 g/mol. The van der Waals surface area contributed by atoms with Crippen LogP contribution in [0.2, 0.25) is 0 Å². The van der Waals surface area contributed by atoms with Gasteiger partial charge in [0, 0.05) is 12.6 Å². The molecule has 94 valence electrons. The number of aliphatic imine (C=N–C) groups is 1. The van der Waals surface area contributed by atoms with Gasteiger partial charge in [-0.05, 0) is 17.7 Å². The van der Waals surface area contributed by atoms with Crippen LogP contribution in [-0.4, -0.2) is 24.8 Å². The summed E-state index contributed by atoms with van der Waals surface area (Å²) in [6, 6.07) is 7.73. The average molecular weight is 244 g/mol. The molecular formula is C14H16N2O2. The van der Waals surface area contributed by atoms with Crippen LogP contribution in [0, 0.1) is 0 Å². The lowest BCUT2D eigenvalue weighted by atomic mass is 9.88. The molecule has 18 heavy (non-hydrogen) atoms. The van der Waals surface area contributed by atoms with Crippen LogP contribution in [-0.2, 0) is 11.2 Å². The molecule has 0 bridgehead atoms. The van der Waals surface area contributed by atoms with Crippen LogP contribution in [0.5, 0.6) is 5.75 Å². The number of hydrogen-bond donors (Lipinski definition) is 1. The summed E-state index contributed by atoms with van der Waals surface area (Å²) in [5, 5.41) is 0. The van der Waals surface area contributed by atoms with Gasteiger partial charge in [0.1, 0.15) is 5.75 Å². The normalized spacial score (nSPS) is 21.2. The Morgan fingerprint density at radius 1 is 1.44 bits per heavy atom. The van der Waals surface area contributed by atoms with E-state index < -0.39 is 5.54 Å². The van der Waals surface area contributed by atoms with Crippen LogP contribution in [0.1, 0.15) is 12.0 Å². The summed E-state index contributed by atoms with van der Waals surface area (Å²) >= 11 is 0. The lowest BCUT2D eigenvalue weighted by Gasteiger charge is -2.23. The molecule has 0 aromatic heterocycles. The van der Waals surface area contributed by atoms with Crippen LogP contribution in [0.15, 0.2) is 41.4 Å². The number of ether oxygens (including phenoxy) is 1. The topological polar surface area (TPSA) is 64.7 Å². The second-order valence-corrected chi connectivity index (χ2v) is 4.37. The van der Waals surface area contributed by atoms with Crippen molar-refractivity contribution >= 4 is 12.1 Å². The summed E-state index contributed by atoms with van der Waals surface area (Å²) in [5.74, 6) is 0.449. The van der Waals surface area contributed by atoms with Crippen LogP contribution in [0.25, 0.3) is 0 Å². The first-order valence-electron chi connectivity index (χ1n) is 5.78. The van der Waals surface area contributed by atoms with Gasteiger partial charge in [-0.2, -0.15) is 0 Å². The minimum atomic E-state index is -0.555. The van der Waals surface area contributed by atoms with Crippen molar-refractivity contribution in [3.63, 3.8) is 0 Å². The molecule has 0 spiro atoms. The molecule has 1 aliphatic rings. The Bertz CT molecular complexity index is 494. The number of methoxy groups -OCH3 is 1. The molecule has 0 fully saturated rings. The standard InChI is InChI=1S/C14H16N2O2/c1-18-12-6-3-2-5-11(12)9-14(10-13(15)17)7-4-8-16-14/h2-8H,9-10H2,1H3,(H2,15,17). The van der Waals surface area contributed by atoms with Crippen molar-refractivity contribution in [1.82, 2.24) is 0 Å². The van der Waals surface area contributed by atoms with Crippen molar-refractivity contribution in [2.45, 2.75) is 18.4 Å². The second kappa shape index (κ2) is 5.04. The van der Waals surface area contributed by atoms with Gasteiger partial charge in [-0.3, -0.25) is 9.79 Å². The molecule has 1 aliphatic heterocycles. The Labute approximate surface area is 106 Å². The predicted molar refractivity (Wildman–Crippen MR) is 70.9 cm³/mol. The van der Waals surface area contributed by atoms with Crippen molar-refractivity contribution in [2.24, 2.45) is 10.7 Å². The number of carbonyl (C=O) groups excluding carboxylic acids is 1. The molecule has 1 amide bonds. The molecule has 1 heterocycles. The third-order valence-electron chi connectivity index (χ3n) is 2.99. The number of nitrogens with zero attached hydrogens (tertiary/aromatic N) is 1. The van der Waals surface area contributed by atoms with Gasteiger partial charge >= 0.3 is 0 Å². The third kappa shape index (κ3) is 2.59. The van der Waals surface area contributed by atoms with Gasteiger partial charge in [-0.15, -0.1) is 0 Å². The minimum Gasteiger partial charge on any atom is -0.496 e. The summed E-state index contributed by atoms with van der Waals surface area (Å²) in [4.78, 5) is 15.6. The van der Waals surface area contributed by atoms with Gasteiger partial charge in [0.15, 0.2) is 0 Å². The molecule has 2 N–H and O–H groups in total. The molecule has 4 heteroatoms. The summed E-state index contributed by atoms with van der Waals surface area (Å²) in [7, 11) is 1.63.